The predicted molar refractivity (Wildman–Crippen MR) is 84.5 cm³/mol. The van der Waals surface area contributed by atoms with Crippen LogP contribution in [0.2, 0.25) is 5.02 Å². The SMILES string of the molecule is O=C(NC1CCCOc2ccc(F)cc21)c1ccc(O)c(Cl)c1. The third-order valence-electron chi connectivity index (χ3n) is 3.76. The van der Waals surface area contributed by atoms with E-state index in [4.69, 9.17) is 16.3 Å². The minimum atomic E-state index is -0.374. The van der Waals surface area contributed by atoms with Gasteiger partial charge in [-0.05, 0) is 49.2 Å². The number of hydrogen-bond acceptors (Lipinski definition) is 3. The van der Waals surface area contributed by atoms with Crippen LogP contribution in [-0.2, 0) is 0 Å². The molecule has 0 saturated heterocycles. The van der Waals surface area contributed by atoms with Crippen LogP contribution in [-0.4, -0.2) is 17.6 Å². The van der Waals surface area contributed by atoms with Gasteiger partial charge in [0.25, 0.3) is 5.91 Å². The molecule has 0 aliphatic carbocycles. The molecule has 6 heteroatoms. The lowest BCUT2D eigenvalue weighted by Gasteiger charge is -2.18. The molecule has 0 saturated carbocycles. The summed E-state index contributed by atoms with van der Waals surface area (Å²) in [6.07, 6.45) is 1.39. The normalized spacial score (nSPS) is 16.9. The van der Waals surface area contributed by atoms with E-state index < -0.39 is 0 Å². The summed E-state index contributed by atoms with van der Waals surface area (Å²) in [4.78, 5) is 12.4. The lowest BCUT2D eigenvalue weighted by atomic mass is 10.0. The molecule has 3 rings (SSSR count). The molecule has 23 heavy (non-hydrogen) atoms. The number of carbonyl (C=O) groups excluding carboxylic acids is 1. The smallest absolute Gasteiger partial charge is 0.251 e. The second-order valence-corrected chi connectivity index (χ2v) is 5.77. The molecular weight excluding hydrogens is 321 g/mol. The summed E-state index contributed by atoms with van der Waals surface area (Å²) in [5.41, 5.74) is 0.955. The van der Waals surface area contributed by atoms with Crippen LogP contribution in [0.15, 0.2) is 36.4 Å². The van der Waals surface area contributed by atoms with E-state index in [9.17, 15) is 14.3 Å². The zero-order valence-corrected chi connectivity index (χ0v) is 12.9. The highest BCUT2D eigenvalue weighted by molar-refractivity contribution is 6.32. The summed E-state index contributed by atoms with van der Waals surface area (Å²) in [6, 6.07) is 8.19. The molecule has 1 aliphatic heterocycles. The fourth-order valence-electron chi connectivity index (χ4n) is 2.59. The molecule has 0 aromatic heterocycles. The minimum absolute atomic E-state index is 0.0847. The van der Waals surface area contributed by atoms with Gasteiger partial charge in [-0.3, -0.25) is 4.79 Å². The summed E-state index contributed by atoms with van der Waals surface area (Å²) in [7, 11) is 0. The van der Waals surface area contributed by atoms with Crippen molar-refractivity contribution >= 4 is 17.5 Å². The quantitative estimate of drug-likeness (QED) is 0.877. The van der Waals surface area contributed by atoms with Gasteiger partial charge in [0.15, 0.2) is 0 Å². The Kier molecular flexibility index (Phi) is 4.39. The van der Waals surface area contributed by atoms with Crippen LogP contribution in [0, 0.1) is 5.82 Å². The lowest BCUT2D eigenvalue weighted by Crippen LogP contribution is -2.28. The average molecular weight is 336 g/mol. The van der Waals surface area contributed by atoms with Gasteiger partial charge in [-0.2, -0.15) is 0 Å². The molecule has 0 radical (unpaired) electrons. The van der Waals surface area contributed by atoms with Crippen LogP contribution in [0.3, 0.4) is 0 Å². The molecule has 0 bridgehead atoms. The van der Waals surface area contributed by atoms with Gasteiger partial charge in [0.2, 0.25) is 0 Å². The standard InChI is InChI=1S/C17H15ClFNO3/c18-13-8-10(3-5-15(13)21)17(22)20-14-2-1-7-23-16-6-4-11(19)9-12(14)16/h3-6,8-9,14,21H,1-2,7H2,(H,20,22). The van der Waals surface area contributed by atoms with E-state index in [1.165, 1.54) is 30.3 Å². The molecule has 1 amide bonds. The number of halogens is 2. The van der Waals surface area contributed by atoms with E-state index in [0.29, 0.717) is 29.9 Å². The Morgan fingerprint density at radius 2 is 2.13 bits per heavy atom. The molecule has 2 aromatic rings. The Bertz CT molecular complexity index is 751. The predicted octanol–water partition coefficient (Wildman–Crippen LogP) is 3.83. The first-order valence-electron chi connectivity index (χ1n) is 7.26. The van der Waals surface area contributed by atoms with Gasteiger partial charge in [-0.15, -0.1) is 0 Å². The highest BCUT2D eigenvalue weighted by atomic mass is 35.5. The van der Waals surface area contributed by atoms with E-state index in [2.05, 4.69) is 5.32 Å². The molecule has 2 N–H and O–H groups in total. The average Bonchev–Trinajstić information content (AvgIpc) is 2.72. The zero-order chi connectivity index (χ0) is 16.4. The van der Waals surface area contributed by atoms with Gasteiger partial charge in [0.05, 0.1) is 17.7 Å². The topological polar surface area (TPSA) is 58.6 Å². The maximum Gasteiger partial charge on any atom is 0.251 e. The number of phenolic OH excluding ortho intramolecular Hbond substituents is 1. The van der Waals surface area contributed by atoms with Crippen LogP contribution in [0.1, 0.15) is 34.8 Å². The number of carbonyl (C=O) groups is 1. The van der Waals surface area contributed by atoms with Crippen LogP contribution in [0.4, 0.5) is 4.39 Å². The summed E-state index contributed by atoms with van der Waals surface area (Å²) in [5.74, 6) is -0.216. The molecule has 0 spiro atoms. The first kappa shape index (κ1) is 15.6. The van der Waals surface area contributed by atoms with Crippen molar-refractivity contribution in [3.8, 4) is 11.5 Å². The van der Waals surface area contributed by atoms with Crippen molar-refractivity contribution in [3.63, 3.8) is 0 Å². The van der Waals surface area contributed by atoms with E-state index in [0.717, 1.165) is 6.42 Å². The molecule has 1 aliphatic rings. The minimum Gasteiger partial charge on any atom is -0.506 e. The Labute approximate surface area is 137 Å². The number of ether oxygens (including phenoxy) is 1. The molecule has 0 fully saturated rings. The van der Waals surface area contributed by atoms with Crippen LogP contribution in [0.25, 0.3) is 0 Å². The maximum atomic E-state index is 13.5. The van der Waals surface area contributed by atoms with E-state index in [1.54, 1.807) is 6.07 Å². The third kappa shape index (κ3) is 3.40. The molecule has 1 heterocycles. The van der Waals surface area contributed by atoms with Crippen molar-refractivity contribution in [2.45, 2.75) is 18.9 Å². The van der Waals surface area contributed by atoms with Crippen molar-refractivity contribution in [2.75, 3.05) is 6.61 Å². The zero-order valence-electron chi connectivity index (χ0n) is 12.2. The van der Waals surface area contributed by atoms with Crippen molar-refractivity contribution in [1.29, 1.82) is 0 Å². The Hall–Kier alpha value is -2.27. The highest BCUT2D eigenvalue weighted by Crippen LogP contribution is 2.32. The number of fused-ring (bicyclic) bond motifs is 1. The Morgan fingerprint density at radius 3 is 2.91 bits per heavy atom. The third-order valence-corrected chi connectivity index (χ3v) is 4.06. The largest absolute Gasteiger partial charge is 0.506 e. The molecule has 1 atom stereocenters. The number of aromatic hydroxyl groups is 1. The van der Waals surface area contributed by atoms with E-state index in [-0.39, 0.29) is 28.5 Å². The first-order chi connectivity index (χ1) is 11.0. The lowest BCUT2D eigenvalue weighted by molar-refractivity contribution is 0.0934. The van der Waals surface area contributed by atoms with Gasteiger partial charge in [-0.1, -0.05) is 11.6 Å². The van der Waals surface area contributed by atoms with Crippen molar-refractivity contribution in [3.05, 3.63) is 58.4 Å². The summed E-state index contributed by atoms with van der Waals surface area (Å²) < 4.78 is 19.1. The molecule has 4 nitrogen and oxygen atoms in total. The monoisotopic (exact) mass is 335 g/mol. The number of rotatable bonds is 2. The Morgan fingerprint density at radius 1 is 1.30 bits per heavy atom. The van der Waals surface area contributed by atoms with Crippen LogP contribution in [0.5, 0.6) is 11.5 Å². The summed E-state index contributed by atoms with van der Waals surface area (Å²) in [6.45, 7) is 0.524. The number of phenols is 1. The van der Waals surface area contributed by atoms with Gasteiger partial charge in [-0.25, -0.2) is 4.39 Å². The fourth-order valence-corrected chi connectivity index (χ4v) is 2.77. The second-order valence-electron chi connectivity index (χ2n) is 5.37. The number of hydrogen-bond donors (Lipinski definition) is 2. The second kappa shape index (κ2) is 6.46. The number of benzene rings is 2. The van der Waals surface area contributed by atoms with Crippen molar-refractivity contribution in [2.24, 2.45) is 0 Å². The maximum absolute atomic E-state index is 13.5. The molecule has 2 aromatic carbocycles. The first-order valence-corrected chi connectivity index (χ1v) is 7.64. The van der Waals surface area contributed by atoms with Crippen molar-refractivity contribution in [1.82, 2.24) is 5.32 Å². The van der Waals surface area contributed by atoms with Crippen molar-refractivity contribution < 1.29 is 19.0 Å². The number of amides is 1. The Balaban J connectivity index is 1.86. The van der Waals surface area contributed by atoms with E-state index in [1.807, 2.05) is 0 Å². The fraction of sp³-hybridized carbons (Fsp3) is 0.235. The molecule has 1 unspecified atom stereocenters. The van der Waals surface area contributed by atoms with E-state index >= 15 is 0 Å². The number of nitrogens with one attached hydrogen (secondary N) is 1. The van der Waals surface area contributed by atoms with Gasteiger partial charge in [0, 0.05) is 11.1 Å². The van der Waals surface area contributed by atoms with Gasteiger partial charge < -0.3 is 15.2 Å². The highest BCUT2D eigenvalue weighted by Gasteiger charge is 2.23. The molecule has 120 valence electrons. The van der Waals surface area contributed by atoms with Gasteiger partial charge >= 0.3 is 0 Å². The van der Waals surface area contributed by atoms with Gasteiger partial charge in [0.1, 0.15) is 17.3 Å². The summed E-state index contributed by atoms with van der Waals surface area (Å²) >= 11 is 5.83. The van der Waals surface area contributed by atoms with Crippen LogP contribution >= 0.6 is 11.6 Å². The van der Waals surface area contributed by atoms with Crippen LogP contribution < -0.4 is 10.1 Å². The molecular formula is C17H15ClFNO3. The summed E-state index contributed by atoms with van der Waals surface area (Å²) in [5, 5.41) is 12.4.